The smallest absolute Gasteiger partial charge is 0.0638 e. The van der Waals surface area contributed by atoms with Crippen molar-refractivity contribution in [3.05, 3.63) is 17.5 Å². The summed E-state index contributed by atoms with van der Waals surface area (Å²) in [6, 6.07) is 0. The zero-order valence-electron chi connectivity index (χ0n) is 9.92. The molecule has 86 valence electrons. The fraction of sp³-hybridized carbons (Fsp3) is 0.727. The number of aryl methyl sites for hydroxylation is 2. The van der Waals surface area contributed by atoms with E-state index < -0.39 is 0 Å². The maximum Gasteiger partial charge on any atom is 0.0638 e. The van der Waals surface area contributed by atoms with Gasteiger partial charge in [0.2, 0.25) is 0 Å². The SMILES string of the molecule is CCOCCCn1cc(CNC)c(C)n1. The van der Waals surface area contributed by atoms with Crippen LogP contribution in [0.15, 0.2) is 6.20 Å². The summed E-state index contributed by atoms with van der Waals surface area (Å²) in [5, 5.41) is 7.58. The molecule has 0 bridgehead atoms. The summed E-state index contributed by atoms with van der Waals surface area (Å²) in [6.45, 7) is 7.50. The molecule has 0 unspecified atom stereocenters. The normalized spacial score (nSPS) is 10.9. The Morgan fingerprint density at radius 3 is 3.00 bits per heavy atom. The van der Waals surface area contributed by atoms with Gasteiger partial charge in [-0.2, -0.15) is 5.10 Å². The lowest BCUT2D eigenvalue weighted by Gasteiger charge is -2.01. The number of nitrogens with one attached hydrogen (secondary N) is 1. The molecule has 4 heteroatoms. The van der Waals surface area contributed by atoms with Crippen LogP contribution in [-0.4, -0.2) is 30.0 Å². The van der Waals surface area contributed by atoms with Crippen LogP contribution in [0.25, 0.3) is 0 Å². The van der Waals surface area contributed by atoms with Crippen molar-refractivity contribution < 1.29 is 4.74 Å². The second kappa shape index (κ2) is 6.58. The first-order valence-corrected chi connectivity index (χ1v) is 5.53. The van der Waals surface area contributed by atoms with Crippen LogP contribution >= 0.6 is 0 Å². The van der Waals surface area contributed by atoms with Gasteiger partial charge in [-0.15, -0.1) is 0 Å². The summed E-state index contributed by atoms with van der Waals surface area (Å²) in [5.74, 6) is 0. The third kappa shape index (κ3) is 4.01. The molecule has 1 rings (SSSR count). The summed E-state index contributed by atoms with van der Waals surface area (Å²) in [4.78, 5) is 0. The highest BCUT2D eigenvalue weighted by molar-refractivity contribution is 5.14. The number of rotatable bonds is 7. The maximum absolute atomic E-state index is 5.29. The molecule has 0 spiro atoms. The molecule has 1 heterocycles. The summed E-state index contributed by atoms with van der Waals surface area (Å²) < 4.78 is 7.29. The lowest BCUT2D eigenvalue weighted by molar-refractivity contribution is 0.141. The van der Waals surface area contributed by atoms with Gasteiger partial charge >= 0.3 is 0 Å². The Bertz CT molecular complexity index is 283. The van der Waals surface area contributed by atoms with Gasteiger partial charge in [0.1, 0.15) is 0 Å². The van der Waals surface area contributed by atoms with Gasteiger partial charge in [-0.1, -0.05) is 0 Å². The second-order valence-electron chi connectivity index (χ2n) is 3.58. The number of hydrogen-bond donors (Lipinski definition) is 1. The van der Waals surface area contributed by atoms with E-state index in [9.17, 15) is 0 Å². The van der Waals surface area contributed by atoms with Crippen molar-refractivity contribution in [1.82, 2.24) is 15.1 Å². The van der Waals surface area contributed by atoms with E-state index in [2.05, 4.69) is 16.6 Å². The predicted octanol–water partition coefficient (Wildman–Crippen LogP) is 1.34. The Morgan fingerprint density at radius 2 is 2.33 bits per heavy atom. The first kappa shape index (κ1) is 12.2. The highest BCUT2D eigenvalue weighted by Crippen LogP contribution is 2.05. The molecule has 0 aliphatic rings. The molecule has 0 aliphatic heterocycles. The van der Waals surface area contributed by atoms with Crippen LogP contribution in [0.3, 0.4) is 0 Å². The zero-order chi connectivity index (χ0) is 11.1. The van der Waals surface area contributed by atoms with Crippen LogP contribution in [0, 0.1) is 6.92 Å². The number of hydrogen-bond acceptors (Lipinski definition) is 3. The second-order valence-corrected chi connectivity index (χ2v) is 3.58. The molecule has 0 aliphatic carbocycles. The lowest BCUT2D eigenvalue weighted by Crippen LogP contribution is -2.05. The molecule has 1 aromatic heterocycles. The van der Waals surface area contributed by atoms with E-state index in [1.54, 1.807) is 0 Å². The average Bonchev–Trinajstić information content (AvgIpc) is 2.55. The van der Waals surface area contributed by atoms with Gasteiger partial charge in [0, 0.05) is 38.1 Å². The molecular weight excluding hydrogens is 190 g/mol. The number of aromatic nitrogens is 2. The van der Waals surface area contributed by atoms with Crippen molar-refractivity contribution in [1.29, 1.82) is 0 Å². The van der Waals surface area contributed by atoms with Crippen LogP contribution in [-0.2, 0) is 17.8 Å². The average molecular weight is 211 g/mol. The van der Waals surface area contributed by atoms with Crippen molar-refractivity contribution in [2.75, 3.05) is 20.3 Å². The molecule has 0 saturated heterocycles. The van der Waals surface area contributed by atoms with E-state index in [1.165, 1.54) is 5.56 Å². The Balaban J connectivity index is 2.37. The van der Waals surface area contributed by atoms with Crippen molar-refractivity contribution in [2.45, 2.75) is 33.4 Å². The third-order valence-electron chi connectivity index (χ3n) is 2.30. The fourth-order valence-corrected chi connectivity index (χ4v) is 1.51. The predicted molar refractivity (Wildman–Crippen MR) is 60.8 cm³/mol. The zero-order valence-corrected chi connectivity index (χ0v) is 9.92. The van der Waals surface area contributed by atoms with E-state index >= 15 is 0 Å². The molecule has 0 radical (unpaired) electrons. The highest BCUT2D eigenvalue weighted by Gasteiger charge is 2.02. The monoisotopic (exact) mass is 211 g/mol. The van der Waals surface area contributed by atoms with E-state index in [0.29, 0.717) is 0 Å². The number of ether oxygens (including phenoxy) is 1. The van der Waals surface area contributed by atoms with Crippen LogP contribution in [0.2, 0.25) is 0 Å². The molecule has 1 N–H and O–H groups in total. The Morgan fingerprint density at radius 1 is 1.53 bits per heavy atom. The van der Waals surface area contributed by atoms with Crippen LogP contribution in [0.4, 0.5) is 0 Å². The van der Waals surface area contributed by atoms with E-state index in [1.807, 2.05) is 25.6 Å². The molecule has 4 nitrogen and oxygen atoms in total. The summed E-state index contributed by atoms with van der Waals surface area (Å²) >= 11 is 0. The van der Waals surface area contributed by atoms with Crippen LogP contribution in [0.1, 0.15) is 24.6 Å². The minimum Gasteiger partial charge on any atom is -0.382 e. The molecule has 15 heavy (non-hydrogen) atoms. The minimum atomic E-state index is 0.795. The molecule has 0 atom stereocenters. The standard InChI is InChI=1S/C11H21N3O/c1-4-15-7-5-6-14-9-11(8-12-3)10(2)13-14/h9,12H,4-8H2,1-3H3. The summed E-state index contributed by atoms with van der Waals surface area (Å²) in [6.07, 6.45) is 3.13. The largest absolute Gasteiger partial charge is 0.382 e. The van der Waals surface area contributed by atoms with Crippen molar-refractivity contribution in [3.63, 3.8) is 0 Å². The lowest BCUT2D eigenvalue weighted by atomic mass is 10.3. The van der Waals surface area contributed by atoms with Gasteiger partial charge in [-0.3, -0.25) is 4.68 Å². The van der Waals surface area contributed by atoms with E-state index in [0.717, 1.165) is 38.4 Å². The molecule has 0 fully saturated rings. The first-order chi connectivity index (χ1) is 7.27. The van der Waals surface area contributed by atoms with Crippen molar-refractivity contribution >= 4 is 0 Å². The fourth-order valence-electron chi connectivity index (χ4n) is 1.51. The Labute approximate surface area is 91.6 Å². The van der Waals surface area contributed by atoms with Crippen LogP contribution in [0.5, 0.6) is 0 Å². The van der Waals surface area contributed by atoms with Crippen molar-refractivity contribution in [2.24, 2.45) is 0 Å². The summed E-state index contributed by atoms with van der Waals surface area (Å²) in [7, 11) is 1.95. The Hall–Kier alpha value is -0.870. The molecule has 0 aromatic carbocycles. The van der Waals surface area contributed by atoms with Gasteiger partial charge in [0.05, 0.1) is 5.69 Å². The third-order valence-corrected chi connectivity index (χ3v) is 2.30. The maximum atomic E-state index is 5.29. The highest BCUT2D eigenvalue weighted by atomic mass is 16.5. The van der Waals surface area contributed by atoms with E-state index in [-0.39, 0.29) is 0 Å². The van der Waals surface area contributed by atoms with Crippen molar-refractivity contribution in [3.8, 4) is 0 Å². The quantitative estimate of drug-likeness (QED) is 0.692. The molecular formula is C11H21N3O. The molecule has 0 saturated carbocycles. The number of nitrogens with zero attached hydrogens (tertiary/aromatic N) is 2. The van der Waals surface area contributed by atoms with E-state index in [4.69, 9.17) is 4.74 Å². The van der Waals surface area contributed by atoms with Gasteiger partial charge < -0.3 is 10.1 Å². The Kier molecular flexibility index (Phi) is 5.36. The molecule has 1 aromatic rings. The minimum absolute atomic E-state index is 0.795. The van der Waals surface area contributed by atoms with Gasteiger partial charge in [0.25, 0.3) is 0 Å². The topological polar surface area (TPSA) is 39.1 Å². The van der Waals surface area contributed by atoms with Gasteiger partial charge in [-0.05, 0) is 27.3 Å². The van der Waals surface area contributed by atoms with Crippen LogP contribution < -0.4 is 5.32 Å². The van der Waals surface area contributed by atoms with Gasteiger partial charge in [-0.25, -0.2) is 0 Å². The summed E-state index contributed by atoms with van der Waals surface area (Å²) in [5.41, 5.74) is 2.38. The molecule has 0 amide bonds. The van der Waals surface area contributed by atoms with Gasteiger partial charge in [0.15, 0.2) is 0 Å². The first-order valence-electron chi connectivity index (χ1n) is 5.53.